The summed E-state index contributed by atoms with van der Waals surface area (Å²) in [4.78, 5) is 51.9. The van der Waals surface area contributed by atoms with Crippen molar-refractivity contribution in [2.45, 2.75) is 52.3 Å². The Bertz CT molecular complexity index is 822. The van der Waals surface area contributed by atoms with Crippen molar-refractivity contribution in [3.8, 4) is 0 Å². The van der Waals surface area contributed by atoms with E-state index in [4.69, 9.17) is 4.74 Å². The molecule has 0 radical (unpaired) electrons. The first-order chi connectivity index (χ1) is 13.8. The van der Waals surface area contributed by atoms with E-state index in [1.807, 2.05) is 0 Å². The van der Waals surface area contributed by atoms with Gasteiger partial charge in [0.1, 0.15) is 23.5 Å². The average molecular weight is 425 g/mol. The van der Waals surface area contributed by atoms with E-state index in [1.165, 1.54) is 34.1 Å². The van der Waals surface area contributed by atoms with Crippen molar-refractivity contribution < 1.29 is 28.8 Å². The number of carbonyl (C=O) groups is 3. The van der Waals surface area contributed by atoms with Gasteiger partial charge in [-0.2, -0.15) is 0 Å². The number of hydrogen-bond donors (Lipinski definition) is 2. The van der Waals surface area contributed by atoms with Crippen LogP contribution in [0.1, 0.15) is 34.6 Å². The SMILES string of the molecule is COC(=O)C(C)Nc1nc(NC(=O)C(C)N(C)C(=O)OC(C)(C)C)ccc1[N+](=O)[O-]. The number of aromatic nitrogens is 1. The van der Waals surface area contributed by atoms with Crippen LogP contribution in [-0.4, -0.2) is 64.6 Å². The molecule has 1 heterocycles. The number of carbonyl (C=O) groups excluding carboxylic acids is 3. The molecule has 0 aliphatic heterocycles. The fraction of sp³-hybridized carbons (Fsp3) is 0.556. The van der Waals surface area contributed by atoms with Gasteiger partial charge >= 0.3 is 17.7 Å². The van der Waals surface area contributed by atoms with Crippen LogP contribution in [0.15, 0.2) is 12.1 Å². The number of nitrogens with one attached hydrogen (secondary N) is 2. The summed E-state index contributed by atoms with van der Waals surface area (Å²) in [5, 5.41) is 16.3. The molecule has 2 unspecified atom stereocenters. The molecule has 0 spiro atoms. The number of nitrogens with zero attached hydrogens (tertiary/aromatic N) is 3. The fourth-order valence-corrected chi connectivity index (χ4v) is 2.11. The summed E-state index contributed by atoms with van der Waals surface area (Å²) in [6.07, 6.45) is -0.684. The highest BCUT2D eigenvalue weighted by atomic mass is 16.6. The van der Waals surface area contributed by atoms with Crippen molar-refractivity contribution >= 4 is 35.3 Å². The van der Waals surface area contributed by atoms with E-state index in [9.17, 15) is 24.5 Å². The van der Waals surface area contributed by atoms with E-state index in [1.54, 1.807) is 20.8 Å². The van der Waals surface area contributed by atoms with Crippen molar-refractivity contribution in [3.63, 3.8) is 0 Å². The third-order valence-corrected chi connectivity index (χ3v) is 3.87. The summed E-state index contributed by atoms with van der Waals surface area (Å²) >= 11 is 0. The Morgan fingerprint density at radius 1 is 1.23 bits per heavy atom. The molecule has 1 rings (SSSR count). The van der Waals surface area contributed by atoms with E-state index >= 15 is 0 Å². The summed E-state index contributed by atoms with van der Waals surface area (Å²) < 4.78 is 9.80. The lowest BCUT2D eigenvalue weighted by Gasteiger charge is -2.28. The molecule has 1 aromatic heterocycles. The number of pyridine rings is 1. The number of amides is 2. The predicted octanol–water partition coefficient (Wildman–Crippen LogP) is 2.16. The van der Waals surface area contributed by atoms with Crippen LogP contribution in [0, 0.1) is 10.1 Å². The Labute approximate surface area is 174 Å². The molecule has 12 nitrogen and oxygen atoms in total. The predicted molar refractivity (Wildman–Crippen MR) is 108 cm³/mol. The molecule has 2 atom stereocenters. The molecule has 30 heavy (non-hydrogen) atoms. The van der Waals surface area contributed by atoms with Crippen LogP contribution >= 0.6 is 0 Å². The number of methoxy groups -OCH3 is 1. The zero-order chi connectivity index (χ0) is 23.2. The molecule has 0 aliphatic rings. The van der Waals surface area contributed by atoms with Crippen LogP contribution in [0.25, 0.3) is 0 Å². The summed E-state index contributed by atoms with van der Waals surface area (Å²) in [6.45, 7) is 8.04. The van der Waals surface area contributed by atoms with Gasteiger partial charge < -0.3 is 20.1 Å². The first-order valence-electron chi connectivity index (χ1n) is 9.03. The average Bonchev–Trinajstić information content (AvgIpc) is 2.64. The molecule has 0 aliphatic carbocycles. The van der Waals surface area contributed by atoms with Gasteiger partial charge in [-0.3, -0.25) is 19.8 Å². The Hall–Kier alpha value is -3.44. The van der Waals surface area contributed by atoms with Crippen LogP contribution in [0.5, 0.6) is 0 Å². The molecule has 0 aromatic carbocycles. The van der Waals surface area contributed by atoms with Crippen LogP contribution in [-0.2, 0) is 19.1 Å². The first kappa shape index (κ1) is 24.6. The number of likely N-dealkylation sites (N-methyl/N-ethyl adjacent to an activating group) is 1. The van der Waals surface area contributed by atoms with Crippen molar-refractivity contribution in [1.82, 2.24) is 9.88 Å². The van der Waals surface area contributed by atoms with Gasteiger partial charge in [-0.25, -0.2) is 14.6 Å². The highest BCUT2D eigenvalue weighted by Crippen LogP contribution is 2.25. The molecule has 2 amide bonds. The van der Waals surface area contributed by atoms with E-state index in [0.29, 0.717) is 0 Å². The van der Waals surface area contributed by atoms with Gasteiger partial charge in [0.25, 0.3) is 0 Å². The lowest BCUT2D eigenvalue weighted by atomic mass is 10.2. The molecule has 12 heteroatoms. The summed E-state index contributed by atoms with van der Waals surface area (Å²) in [5.41, 5.74) is -1.11. The number of ether oxygens (including phenoxy) is 2. The van der Waals surface area contributed by atoms with Crippen LogP contribution in [0.2, 0.25) is 0 Å². The zero-order valence-electron chi connectivity index (χ0n) is 18.0. The second-order valence-electron chi connectivity index (χ2n) is 7.47. The number of anilines is 2. The minimum atomic E-state index is -0.915. The summed E-state index contributed by atoms with van der Waals surface area (Å²) in [7, 11) is 2.59. The second-order valence-corrected chi connectivity index (χ2v) is 7.47. The standard InChI is InChI=1S/C18H27N5O7/c1-10(16(25)29-7)19-14-12(23(27)28)8-9-13(20-14)21-15(24)11(2)22(6)17(26)30-18(3,4)5/h8-11H,1-7H3,(H2,19,20,21,24). The van der Waals surface area contributed by atoms with Crippen molar-refractivity contribution in [1.29, 1.82) is 0 Å². The number of hydrogen-bond acceptors (Lipinski definition) is 9. The van der Waals surface area contributed by atoms with Gasteiger partial charge in [-0.1, -0.05) is 0 Å². The molecule has 2 N–H and O–H groups in total. The Morgan fingerprint density at radius 2 is 1.83 bits per heavy atom. The van der Waals surface area contributed by atoms with E-state index in [0.717, 1.165) is 11.0 Å². The maximum atomic E-state index is 12.5. The molecule has 166 valence electrons. The maximum absolute atomic E-state index is 12.5. The molecular formula is C18H27N5O7. The monoisotopic (exact) mass is 425 g/mol. The molecule has 0 fully saturated rings. The van der Waals surface area contributed by atoms with Gasteiger partial charge in [-0.05, 0) is 40.7 Å². The largest absolute Gasteiger partial charge is 0.467 e. The van der Waals surface area contributed by atoms with Crippen molar-refractivity contribution in [2.75, 3.05) is 24.8 Å². The topological polar surface area (TPSA) is 153 Å². The van der Waals surface area contributed by atoms with E-state index in [2.05, 4.69) is 20.4 Å². The van der Waals surface area contributed by atoms with Crippen LogP contribution < -0.4 is 10.6 Å². The molecular weight excluding hydrogens is 398 g/mol. The van der Waals surface area contributed by atoms with Crippen molar-refractivity contribution in [2.24, 2.45) is 0 Å². The highest BCUT2D eigenvalue weighted by molar-refractivity contribution is 5.95. The molecule has 1 aromatic rings. The fourth-order valence-electron chi connectivity index (χ4n) is 2.11. The first-order valence-corrected chi connectivity index (χ1v) is 9.03. The van der Waals surface area contributed by atoms with Gasteiger partial charge in [-0.15, -0.1) is 0 Å². The Balaban J connectivity index is 3.00. The second kappa shape index (κ2) is 9.85. The third-order valence-electron chi connectivity index (χ3n) is 3.87. The molecule has 0 saturated heterocycles. The summed E-state index contributed by atoms with van der Waals surface area (Å²) in [5.74, 6) is -1.46. The lowest BCUT2D eigenvalue weighted by molar-refractivity contribution is -0.384. The van der Waals surface area contributed by atoms with Gasteiger partial charge in [0.05, 0.1) is 12.0 Å². The molecule has 0 saturated carbocycles. The smallest absolute Gasteiger partial charge is 0.410 e. The Kier molecular flexibility index (Phi) is 8.08. The number of nitro groups is 1. The maximum Gasteiger partial charge on any atom is 0.410 e. The van der Waals surface area contributed by atoms with Gasteiger partial charge in [0.15, 0.2) is 0 Å². The van der Waals surface area contributed by atoms with E-state index in [-0.39, 0.29) is 17.3 Å². The summed E-state index contributed by atoms with van der Waals surface area (Å²) in [6, 6.07) is 0.549. The van der Waals surface area contributed by atoms with Gasteiger partial charge in [0.2, 0.25) is 11.7 Å². The number of rotatable bonds is 7. The highest BCUT2D eigenvalue weighted by Gasteiger charge is 2.28. The van der Waals surface area contributed by atoms with E-state index < -0.39 is 40.6 Å². The van der Waals surface area contributed by atoms with Gasteiger partial charge in [0, 0.05) is 13.1 Å². The van der Waals surface area contributed by atoms with Crippen molar-refractivity contribution in [3.05, 3.63) is 22.2 Å². The molecule has 0 bridgehead atoms. The van der Waals surface area contributed by atoms with Crippen LogP contribution in [0.4, 0.5) is 22.1 Å². The normalized spacial score (nSPS) is 12.9. The third kappa shape index (κ3) is 6.87. The lowest BCUT2D eigenvalue weighted by Crippen LogP contribution is -2.45. The minimum absolute atomic E-state index is 0.00500. The zero-order valence-corrected chi connectivity index (χ0v) is 18.0. The minimum Gasteiger partial charge on any atom is -0.467 e. The Morgan fingerprint density at radius 3 is 2.33 bits per heavy atom. The number of esters is 1. The quantitative estimate of drug-likeness (QED) is 0.380. The van der Waals surface area contributed by atoms with Crippen LogP contribution in [0.3, 0.4) is 0 Å².